The molecule has 0 bridgehead atoms. The Hall–Kier alpha value is -0.610. The van der Waals surface area contributed by atoms with Gasteiger partial charge in [-0.15, -0.1) is 11.6 Å². The van der Waals surface area contributed by atoms with Gasteiger partial charge in [0.05, 0.1) is 6.54 Å². The first-order valence-corrected chi connectivity index (χ1v) is 6.91. The summed E-state index contributed by atoms with van der Waals surface area (Å²) in [6.07, 6.45) is 4.26. The van der Waals surface area contributed by atoms with Crippen molar-refractivity contribution in [1.82, 2.24) is 19.7 Å². The number of aromatic nitrogens is 3. The topological polar surface area (TPSA) is 34.0 Å². The van der Waals surface area contributed by atoms with Crippen molar-refractivity contribution < 1.29 is 0 Å². The summed E-state index contributed by atoms with van der Waals surface area (Å²) in [6, 6.07) is 0.720. The van der Waals surface area contributed by atoms with Crippen LogP contribution < -0.4 is 0 Å². The number of alkyl halides is 1. The fourth-order valence-corrected chi connectivity index (χ4v) is 2.25. The van der Waals surface area contributed by atoms with Crippen LogP contribution in [0.25, 0.3) is 0 Å². The molecule has 1 aliphatic rings. The molecule has 0 radical (unpaired) electrons. The van der Waals surface area contributed by atoms with Crippen molar-refractivity contribution >= 4 is 11.6 Å². The van der Waals surface area contributed by atoms with E-state index in [1.807, 2.05) is 4.68 Å². The van der Waals surface area contributed by atoms with Gasteiger partial charge < -0.3 is 0 Å². The minimum atomic E-state index is 0.595. The van der Waals surface area contributed by atoms with Crippen molar-refractivity contribution in [1.29, 1.82) is 0 Å². The van der Waals surface area contributed by atoms with Crippen molar-refractivity contribution in [2.45, 2.75) is 45.8 Å². The standard InChI is InChI=1S/C12H21ClN4/c1-10(2)7-17-12(14-9-15-17)8-16(6-5-13)11-3-4-11/h9-11H,3-8H2,1-2H3. The Morgan fingerprint density at radius 2 is 2.29 bits per heavy atom. The molecule has 2 rings (SSSR count). The number of nitrogens with zero attached hydrogens (tertiary/aromatic N) is 4. The lowest BCUT2D eigenvalue weighted by atomic mass is 10.2. The van der Waals surface area contributed by atoms with Gasteiger partial charge in [-0.3, -0.25) is 4.90 Å². The van der Waals surface area contributed by atoms with Gasteiger partial charge in [-0.1, -0.05) is 13.8 Å². The van der Waals surface area contributed by atoms with E-state index in [4.69, 9.17) is 11.6 Å². The van der Waals surface area contributed by atoms with Crippen LogP contribution in [0.15, 0.2) is 6.33 Å². The van der Waals surface area contributed by atoms with E-state index in [1.54, 1.807) is 6.33 Å². The summed E-state index contributed by atoms with van der Waals surface area (Å²) >= 11 is 5.85. The molecular formula is C12H21ClN4. The summed E-state index contributed by atoms with van der Waals surface area (Å²) in [5.41, 5.74) is 0. The smallest absolute Gasteiger partial charge is 0.141 e. The molecule has 0 aliphatic heterocycles. The fraction of sp³-hybridized carbons (Fsp3) is 0.833. The molecule has 0 amide bonds. The van der Waals surface area contributed by atoms with E-state index in [2.05, 4.69) is 28.8 Å². The molecule has 1 heterocycles. The zero-order valence-corrected chi connectivity index (χ0v) is 11.4. The Kier molecular flexibility index (Phi) is 4.40. The molecule has 17 heavy (non-hydrogen) atoms. The van der Waals surface area contributed by atoms with Gasteiger partial charge in [0.15, 0.2) is 0 Å². The Bertz CT molecular complexity index is 346. The van der Waals surface area contributed by atoms with Crippen LogP contribution in [0.4, 0.5) is 0 Å². The first-order chi connectivity index (χ1) is 8.20. The number of hydrogen-bond donors (Lipinski definition) is 0. The van der Waals surface area contributed by atoms with Crippen LogP contribution >= 0.6 is 11.6 Å². The SMILES string of the molecule is CC(C)Cn1ncnc1CN(CCCl)C1CC1. The van der Waals surface area contributed by atoms with E-state index in [9.17, 15) is 0 Å². The summed E-state index contributed by atoms with van der Waals surface area (Å²) in [4.78, 5) is 6.79. The Labute approximate surface area is 108 Å². The van der Waals surface area contributed by atoms with Crippen LogP contribution in [-0.2, 0) is 13.1 Å². The van der Waals surface area contributed by atoms with Crippen molar-refractivity contribution in [2.24, 2.45) is 5.92 Å². The second kappa shape index (κ2) is 5.83. The molecule has 1 aromatic heterocycles. The molecule has 1 saturated carbocycles. The third kappa shape index (κ3) is 3.68. The van der Waals surface area contributed by atoms with Gasteiger partial charge in [-0.2, -0.15) is 5.10 Å². The first kappa shape index (κ1) is 12.8. The summed E-state index contributed by atoms with van der Waals surface area (Å²) in [5.74, 6) is 2.35. The molecule has 4 nitrogen and oxygen atoms in total. The van der Waals surface area contributed by atoms with Crippen LogP contribution in [0.5, 0.6) is 0 Å². The lowest BCUT2D eigenvalue weighted by Crippen LogP contribution is -2.29. The maximum Gasteiger partial charge on any atom is 0.141 e. The number of hydrogen-bond acceptors (Lipinski definition) is 3. The van der Waals surface area contributed by atoms with Crippen LogP contribution in [-0.4, -0.2) is 38.1 Å². The minimum Gasteiger partial charge on any atom is -0.292 e. The number of rotatable bonds is 7. The third-order valence-electron chi connectivity index (χ3n) is 3.01. The average molecular weight is 257 g/mol. The zero-order valence-electron chi connectivity index (χ0n) is 10.6. The van der Waals surface area contributed by atoms with Gasteiger partial charge in [0.2, 0.25) is 0 Å². The normalized spacial score (nSPS) is 16.1. The molecule has 0 aromatic carbocycles. The largest absolute Gasteiger partial charge is 0.292 e. The van der Waals surface area contributed by atoms with Gasteiger partial charge >= 0.3 is 0 Å². The van der Waals surface area contributed by atoms with Crippen molar-refractivity contribution in [2.75, 3.05) is 12.4 Å². The van der Waals surface area contributed by atoms with Crippen LogP contribution in [0.3, 0.4) is 0 Å². The van der Waals surface area contributed by atoms with E-state index in [0.29, 0.717) is 11.8 Å². The Morgan fingerprint density at radius 3 is 2.88 bits per heavy atom. The molecule has 1 fully saturated rings. The van der Waals surface area contributed by atoms with Gasteiger partial charge in [-0.05, 0) is 18.8 Å². The van der Waals surface area contributed by atoms with Crippen LogP contribution in [0.1, 0.15) is 32.5 Å². The molecule has 0 atom stereocenters. The second-order valence-electron chi connectivity index (χ2n) is 5.14. The highest BCUT2D eigenvalue weighted by Gasteiger charge is 2.29. The minimum absolute atomic E-state index is 0.595. The summed E-state index contributed by atoms with van der Waals surface area (Å²) < 4.78 is 2.02. The molecule has 1 aromatic rings. The molecule has 0 spiro atoms. The highest BCUT2D eigenvalue weighted by atomic mass is 35.5. The molecule has 96 valence electrons. The van der Waals surface area contributed by atoms with E-state index in [1.165, 1.54) is 12.8 Å². The Morgan fingerprint density at radius 1 is 1.53 bits per heavy atom. The highest BCUT2D eigenvalue weighted by molar-refractivity contribution is 6.18. The lowest BCUT2D eigenvalue weighted by molar-refractivity contribution is 0.256. The monoisotopic (exact) mass is 256 g/mol. The predicted octanol–water partition coefficient (Wildman–Crippen LogP) is 2.14. The van der Waals surface area contributed by atoms with Crippen molar-refractivity contribution in [3.63, 3.8) is 0 Å². The van der Waals surface area contributed by atoms with Gasteiger partial charge in [-0.25, -0.2) is 9.67 Å². The van der Waals surface area contributed by atoms with E-state index in [-0.39, 0.29) is 0 Å². The van der Waals surface area contributed by atoms with Gasteiger partial charge in [0.25, 0.3) is 0 Å². The maximum atomic E-state index is 5.85. The fourth-order valence-electron chi connectivity index (χ4n) is 2.03. The van der Waals surface area contributed by atoms with Gasteiger partial charge in [0, 0.05) is 25.0 Å². The quantitative estimate of drug-likeness (QED) is 0.701. The highest BCUT2D eigenvalue weighted by Crippen LogP contribution is 2.27. The lowest BCUT2D eigenvalue weighted by Gasteiger charge is -2.20. The third-order valence-corrected chi connectivity index (χ3v) is 3.18. The zero-order chi connectivity index (χ0) is 12.3. The summed E-state index contributed by atoms with van der Waals surface area (Å²) in [5, 5.41) is 4.30. The van der Waals surface area contributed by atoms with Crippen LogP contribution in [0.2, 0.25) is 0 Å². The Balaban J connectivity index is 1.98. The van der Waals surface area contributed by atoms with E-state index < -0.39 is 0 Å². The molecule has 0 unspecified atom stereocenters. The average Bonchev–Trinajstić information content (AvgIpc) is 3.02. The van der Waals surface area contributed by atoms with Crippen molar-refractivity contribution in [3.05, 3.63) is 12.2 Å². The maximum absolute atomic E-state index is 5.85. The molecular weight excluding hydrogens is 236 g/mol. The van der Waals surface area contributed by atoms with E-state index in [0.717, 1.165) is 31.5 Å². The molecule has 0 N–H and O–H groups in total. The van der Waals surface area contributed by atoms with E-state index >= 15 is 0 Å². The predicted molar refractivity (Wildman–Crippen MR) is 69.0 cm³/mol. The summed E-state index contributed by atoms with van der Waals surface area (Å²) in [7, 11) is 0. The van der Waals surface area contributed by atoms with Crippen molar-refractivity contribution in [3.8, 4) is 0 Å². The molecule has 1 aliphatic carbocycles. The van der Waals surface area contributed by atoms with Gasteiger partial charge in [0.1, 0.15) is 12.2 Å². The second-order valence-corrected chi connectivity index (χ2v) is 5.52. The molecule has 0 saturated heterocycles. The van der Waals surface area contributed by atoms with Crippen LogP contribution in [0, 0.1) is 5.92 Å². The summed E-state index contributed by atoms with van der Waals surface area (Å²) in [6.45, 7) is 7.16. The number of halogens is 1. The first-order valence-electron chi connectivity index (χ1n) is 6.37. The molecule has 5 heteroatoms.